The maximum Gasteiger partial charge on any atom is 0.291 e. The summed E-state index contributed by atoms with van der Waals surface area (Å²) in [6.07, 6.45) is 5.83. The highest BCUT2D eigenvalue weighted by atomic mass is 35.5. The van der Waals surface area contributed by atoms with E-state index in [2.05, 4.69) is 31.2 Å². The summed E-state index contributed by atoms with van der Waals surface area (Å²) in [7, 11) is 0. The lowest BCUT2D eigenvalue weighted by molar-refractivity contribution is 0.474. The first-order chi connectivity index (χ1) is 8.99. The van der Waals surface area contributed by atoms with Crippen molar-refractivity contribution >= 4 is 17.3 Å². The topological polar surface area (TPSA) is 46.9 Å². The first-order valence-corrected chi connectivity index (χ1v) is 7.40. The van der Waals surface area contributed by atoms with Crippen LogP contribution in [0.3, 0.4) is 0 Å². The Kier molecular flexibility index (Phi) is 4.19. The zero-order chi connectivity index (χ0) is 14.0. The summed E-state index contributed by atoms with van der Waals surface area (Å²) in [6.45, 7) is 7.02. The summed E-state index contributed by atoms with van der Waals surface area (Å²) in [5, 5.41) is 7.86. The van der Waals surface area contributed by atoms with Crippen LogP contribution in [0.2, 0.25) is 5.02 Å². The molecule has 0 saturated heterocycles. The van der Waals surface area contributed by atoms with Crippen LogP contribution in [0.5, 0.6) is 0 Å². The average Bonchev–Trinajstić information content (AvgIpc) is 3.22. The number of hydrogen-bond acceptors (Lipinski definition) is 3. The molecule has 0 spiro atoms. The minimum Gasteiger partial charge on any atom is -0.374 e. The molecule has 4 nitrogen and oxygen atoms in total. The Balaban J connectivity index is 2.30. The Morgan fingerprint density at radius 3 is 2.63 bits per heavy atom. The lowest BCUT2D eigenvalue weighted by Crippen LogP contribution is -2.37. The molecule has 106 valence electrons. The van der Waals surface area contributed by atoms with Gasteiger partial charge >= 0.3 is 0 Å². The van der Waals surface area contributed by atoms with Crippen molar-refractivity contribution in [1.82, 2.24) is 9.78 Å². The van der Waals surface area contributed by atoms with E-state index in [1.807, 2.05) is 0 Å². The van der Waals surface area contributed by atoms with Crippen LogP contribution in [-0.4, -0.2) is 15.3 Å². The smallest absolute Gasteiger partial charge is 0.291 e. The Morgan fingerprint density at radius 1 is 1.47 bits per heavy atom. The Bertz CT molecular complexity index is 504. The van der Waals surface area contributed by atoms with Gasteiger partial charge < -0.3 is 5.32 Å². The van der Waals surface area contributed by atoms with Crippen LogP contribution in [0.4, 0.5) is 5.69 Å². The fraction of sp³-hybridized carbons (Fsp3) is 0.714. The van der Waals surface area contributed by atoms with Crippen molar-refractivity contribution < 1.29 is 0 Å². The molecule has 0 amide bonds. The molecule has 1 fully saturated rings. The quantitative estimate of drug-likeness (QED) is 0.871. The maximum absolute atomic E-state index is 12.4. The normalized spacial score (nSPS) is 15.6. The zero-order valence-electron chi connectivity index (χ0n) is 11.9. The molecule has 1 aromatic rings. The van der Waals surface area contributed by atoms with Crippen molar-refractivity contribution in [3.63, 3.8) is 0 Å². The van der Waals surface area contributed by atoms with E-state index in [0.717, 1.165) is 12.8 Å². The minimum atomic E-state index is -0.110. The first-order valence-electron chi connectivity index (χ1n) is 7.03. The third-order valence-electron chi connectivity index (χ3n) is 4.11. The highest BCUT2D eigenvalue weighted by Gasteiger charge is 2.26. The van der Waals surface area contributed by atoms with Gasteiger partial charge in [-0.15, -0.1) is 0 Å². The van der Waals surface area contributed by atoms with Crippen molar-refractivity contribution in [3.8, 4) is 0 Å². The number of nitrogens with one attached hydrogen (secondary N) is 1. The highest BCUT2D eigenvalue weighted by Crippen LogP contribution is 2.30. The molecule has 0 aromatic carbocycles. The number of nitrogens with zero attached hydrogens (tertiary/aromatic N) is 2. The predicted molar refractivity (Wildman–Crippen MR) is 78.8 cm³/mol. The second kappa shape index (κ2) is 5.53. The van der Waals surface area contributed by atoms with Crippen LogP contribution < -0.4 is 10.9 Å². The van der Waals surface area contributed by atoms with Crippen molar-refractivity contribution in [2.45, 2.75) is 58.5 Å². The molecule has 2 rings (SSSR count). The summed E-state index contributed by atoms with van der Waals surface area (Å²) in [4.78, 5) is 12.4. The van der Waals surface area contributed by atoms with Gasteiger partial charge in [0.05, 0.1) is 11.2 Å². The van der Waals surface area contributed by atoms with E-state index < -0.39 is 0 Å². The summed E-state index contributed by atoms with van der Waals surface area (Å²) in [5.41, 5.74) is 0.276. The summed E-state index contributed by atoms with van der Waals surface area (Å²) < 4.78 is 1.54. The molecule has 1 N–H and O–H groups in total. The molecule has 5 heteroatoms. The number of rotatable bonds is 6. The summed E-state index contributed by atoms with van der Waals surface area (Å²) >= 11 is 6.14. The van der Waals surface area contributed by atoms with E-state index >= 15 is 0 Å². The van der Waals surface area contributed by atoms with Gasteiger partial charge in [0, 0.05) is 12.1 Å². The van der Waals surface area contributed by atoms with Crippen LogP contribution in [0.25, 0.3) is 0 Å². The van der Waals surface area contributed by atoms with Gasteiger partial charge in [-0.3, -0.25) is 4.79 Å². The largest absolute Gasteiger partial charge is 0.374 e. The van der Waals surface area contributed by atoms with Crippen molar-refractivity contribution in [2.75, 3.05) is 5.32 Å². The van der Waals surface area contributed by atoms with Gasteiger partial charge in [0.2, 0.25) is 0 Å². The van der Waals surface area contributed by atoms with Crippen LogP contribution >= 0.6 is 11.6 Å². The molecular weight excluding hydrogens is 262 g/mol. The van der Waals surface area contributed by atoms with E-state index in [-0.39, 0.29) is 11.1 Å². The number of halogens is 1. The standard InChI is InChI=1S/C14H22ClN3O/c1-4-14(3,5-2)17-12-11(15)8-16-18(13(12)19)9-10-6-7-10/h8,10,17H,4-7,9H2,1-3H3. The first kappa shape index (κ1) is 14.4. The molecule has 0 radical (unpaired) electrons. The van der Waals surface area contributed by atoms with Crippen molar-refractivity contribution in [1.29, 1.82) is 0 Å². The Morgan fingerprint density at radius 2 is 2.11 bits per heavy atom. The number of aromatic nitrogens is 2. The van der Waals surface area contributed by atoms with E-state index in [1.54, 1.807) is 6.20 Å². The highest BCUT2D eigenvalue weighted by molar-refractivity contribution is 6.33. The molecule has 19 heavy (non-hydrogen) atoms. The van der Waals surface area contributed by atoms with E-state index in [4.69, 9.17) is 11.6 Å². The summed E-state index contributed by atoms with van der Waals surface area (Å²) in [6, 6.07) is 0. The second-order valence-corrected chi connectivity index (χ2v) is 6.10. The van der Waals surface area contributed by atoms with Crippen LogP contribution in [-0.2, 0) is 6.54 Å². The van der Waals surface area contributed by atoms with Crippen molar-refractivity contribution in [2.24, 2.45) is 5.92 Å². The van der Waals surface area contributed by atoms with E-state index in [0.29, 0.717) is 23.2 Å². The Labute approximate surface area is 119 Å². The molecule has 1 aliphatic rings. The zero-order valence-corrected chi connectivity index (χ0v) is 12.6. The average molecular weight is 284 g/mol. The van der Waals surface area contributed by atoms with E-state index in [9.17, 15) is 4.79 Å². The predicted octanol–water partition coefficient (Wildman–Crippen LogP) is 3.30. The molecular formula is C14H22ClN3O. The molecule has 0 aliphatic heterocycles. The molecule has 1 aliphatic carbocycles. The van der Waals surface area contributed by atoms with Gasteiger partial charge in [-0.2, -0.15) is 5.10 Å². The van der Waals surface area contributed by atoms with Gasteiger partial charge in [-0.1, -0.05) is 25.4 Å². The third-order valence-corrected chi connectivity index (χ3v) is 4.40. The van der Waals surface area contributed by atoms with E-state index in [1.165, 1.54) is 17.5 Å². The molecule has 0 unspecified atom stereocenters. The maximum atomic E-state index is 12.4. The van der Waals surface area contributed by atoms with Crippen LogP contribution in [0.15, 0.2) is 11.0 Å². The van der Waals surface area contributed by atoms with Crippen LogP contribution in [0.1, 0.15) is 46.5 Å². The molecule has 1 saturated carbocycles. The van der Waals surface area contributed by atoms with Crippen molar-refractivity contribution in [3.05, 3.63) is 21.6 Å². The van der Waals surface area contributed by atoms with Gasteiger partial charge in [0.15, 0.2) is 0 Å². The fourth-order valence-electron chi connectivity index (χ4n) is 1.99. The monoisotopic (exact) mass is 283 g/mol. The molecule has 0 bridgehead atoms. The molecule has 1 heterocycles. The fourth-order valence-corrected chi connectivity index (χ4v) is 2.16. The summed E-state index contributed by atoms with van der Waals surface area (Å²) in [5.74, 6) is 0.614. The number of hydrogen-bond donors (Lipinski definition) is 1. The lowest BCUT2D eigenvalue weighted by atomic mass is 9.95. The van der Waals surface area contributed by atoms with Gasteiger partial charge in [-0.05, 0) is 38.5 Å². The minimum absolute atomic E-state index is 0.104. The second-order valence-electron chi connectivity index (χ2n) is 5.69. The Hall–Kier alpha value is -1.03. The molecule has 1 aromatic heterocycles. The van der Waals surface area contributed by atoms with Gasteiger partial charge in [0.1, 0.15) is 5.69 Å². The molecule has 0 atom stereocenters. The SMILES string of the molecule is CCC(C)(CC)Nc1c(Cl)cnn(CC2CC2)c1=O. The van der Waals surface area contributed by atoms with Gasteiger partial charge in [-0.25, -0.2) is 4.68 Å². The van der Waals surface area contributed by atoms with Gasteiger partial charge in [0.25, 0.3) is 5.56 Å². The number of anilines is 1. The lowest BCUT2D eigenvalue weighted by Gasteiger charge is -2.29. The third kappa shape index (κ3) is 3.30. The van der Waals surface area contributed by atoms with Crippen LogP contribution in [0, 0.1) is 5.92 Å².